The molecule has 17 heavy (non-hydrogen) atoms. The van der Waals surface area contributed by atoms with Gasteiger partial charge >= 0.3 is 0 Å². The highest BCUT2D eigenvalue weighted by Crippen LogP contribution is 2.41. The Morgan fingerprint density at radius 1 is 1.35 bits per heavy atom. The Labute approximate surface area is 100 Å². The van der Waals surface area contributed by atoms with Crippen molar-refractivity contribution in [3.63, 3.8) is 0 Å². The zero-order chi connectivity index (χ0) is 12.0. The van der Waals surface area contributed by atoms with Crippen LogP contribution in [0.2, 0.25) is 0 Å². The summed E-state index contributed by atoms with van der Waals surface area (Å²) in [4.78, 5) is 10.2. The van der Waals surface area contributed by atoms with Crippen molar-refractivity contribution in [2.75, 3.05) is 23.7 Å². The van der Waals surface area contributed by atoms with Crippen LogP contribution < -0.4 is 10.6 Å². The van der Waals surface area contributed by atoms with Gasteiger partial charge in [-0.2, -0.15) is 4.98 Å². The Kier molecular flexibility index (Phi) is 2.42. The molecule has 0 aromatic carbocycles. The summed E-state index contributed by atoms with van der Waals surface area (Å²) in [6.07, 6.45) is 3.74. The summed E-state index contributed by atoms with van der Waals surface area (Å²) in [7, 11) is 0. The van der Waals surface area contributed by atoms with Crippen LogP contribution in [0.1, 0.15) is 19.8 Å². The summed E-state index contributed by atoms with van der Waals surface area (Å²) < 4.78 is 13.0. The SMILES string of the molecule is CC1CC2CN(c3ncc(F)c(N)n3)CC2C1. The highest BCUT2D eigenvalue weighted by molar-refractivity contribution is 5.40. The molecule has 0 amide bonds. The lowest BCUT2D eigenvalue weighted by Crippen LogP contribution is -2.24. The van der Waals surface area contributed by atoms with Gasteiger partial charge in [-0.3, -0.25) is 0 Å². The summed E-state index contributed by atoms with van der Waals surface area (Å²) in [6, 6.07) is 0. The lowest BCUT2D eigenvalue weighted by Gasteiger charge is -2.18. The molecule has 0 radical (unpaired) electrons. The van der Waals surface area contributed by atoms with E-state index in [4.69, 9.17) is 5.73 Å². The second-order valence-electron chi connectivity index (χ2n) is 5.40. The van der Waals surface area contributed by atoms with Gasteiger partial charge in [-0.1, -0.05) is 6.92 Å². The number of nitrogens with zero attached hydrogens (tertiary/aromatic N) is 3. The van der Waals surface area contributed by atoms with Crippen molar-refractivity contribution in [3.05, 3.63) is 12.0 Å². The molecular formula is C12H17FN4. The van der Waals surface area contributed by atoms with Crippen LogP contribution in [0.4, 0.5) is 16.2 Å². The molecule has 1 saturated heterocycles. The minimum absolute atomic E-state index is 0.0552. The normalized spacial score (nSPS) is 31.9. The summed E-state index contributed by atoms with van der Waals surface area (Å²) >= 11 is 0. The van der Waals surface area contributed by atoms with Gasteiger partial charge in [0.05, 0.1) is 6.20 Å². The zero-order valence-corrected chi connectivity index (χ0v) is 9.93. The molecule has 0 spiro atoms. The smallest absolute Gasteiger partial charge is 0.227 e. The van der Waals surface area contributed by atoms with Gasteiger partial charge in [-0.25, -0.2) is 9.37 Å². The van der Waals surface area contributed by atoms with Crippen molar-refractivity contribution >= 4 is 11.8 Å². The molecule has 2 unspecified atom stereocenters. The Morgan fingerprint density at radius 3 is 2.59 bits per heavy atom. The highest BCUT2D eigenvalue weighted by Gasteiger charge is 2.40. The summed E-state index contributed by atoms with van der Waals surface area (Å²) in [6.45, 7) is 4.29. The topological polar surface area (TPSA) is 55.0 Å². The van der Waals surface area contributed by atoms with Gasteiger partial charge in [-0.15, -0.1) is 0 Å². The average Bonchev–Trinajstić information content (AvgIpc) is 2.79. The first-order valence-electron chi connectivity index (χ1n) is 6.16. The Hall–Kier alpha value is -1.39. The minimum Gasteiger partial charge on any atom is -0.381 e. The van der Waals surface area contributed by atoms with Gasteiger partial charge in [0.2, 0.25) is 5.95 Å². The van der Waals surface area contributed by atoms with Gasteiger partial charge in [0, 0.05) is 13.1 Å². The van der Waals surface area contributed by atoms with Crippen LogP contribution in [0, 0.1) is 23.6 Å². The molecule has 1 aliphatic carbocycles. The molecule has 5 heteroatoms. The van der Waals surface area contributed by atoms with Gasteiger partial charge in [0.25, 0.3) is 0 Å². The van der Waals surface area contributed by atoms with E-state index in [9.17, 15) is 4.39 Å². The van der Waals surface area contributed by atoms with E-state index in [-0.39, 0.29) is 5.82 Å². The molecule has 2 N–H and O–H groups in total. The van der Waals surface area contributed by atoms with Gasteiger partial charge in [-0.05, 0) is 30.6 Å². The Bertz CT molecular complexity index is 423. The third-order valence-corrected chi connectivity index (χ3v) is 4.03. The molecule has 2 heterocycles. The van der Waals surface area contributed by atoms with Crippen LogP contribution in [0.3, 0.4) is 0 Å². The first-order valence-corrected chi connectivity index (χ1v) is 6.16. The zero-order valence-electron chi connectivity index (χ0n) is 9.93. The molecular weight excluding hydrogens is 219 g/mol. The average molecular weight is 236 g/mol. The van der Waals surface area contributed by atoms with Gasteiger partial charge in [0.1, 0.15) is 0 Å². The Morgan fingerprint density at radius 2 is 2.00 bits per heavy atom. The van der Waals surface area contributed by atoms with Crippen molar-refractivity contribution in [3.8, 4) is 0 Å². The summed E-state index contributed by atoms with van der Waals surface area (Å²) in [5.74, 6) is 2.32. The maximum atomic E-state index is 13.0. The number of hydrogen-bond acceptors (Lipinski definition) is 4. The fourth-order valence-electron chi connectivity index (χ4n) is 3.29. The number of rotatable bonds is 1. The maximum Gasteiger partial charge on any atom is 0.227 e. The molecule has 4 nitrogen and oxygen atoms in total. The molecule has 1 aliphatic heterocycles. The number of halogens is 1. The third kappa shape index (κ3) is 1.83. The monoisotopic (exact) mass is 236 g/mol. The number of anilines is 2. The molecule has 92 valence electrons. The van der Waals surface area contributed by atoms with Crippen molar-refractivity contribution in [2.24, 2.45) is 17.8 Å². The van der Waals surface area contributed by atoms with Crippen molar-refractivity contribution in [1.29, 1.82) is 0 Å². The summed E-state index contributed by atoms with van der Waals surface area (Å²) in [5.41, 5.74) is 5.47. The molecule has 1 aromatic heterocycles. The highest BCUT2D eigenvalue weighted by atomic mass is 19.1. The quantitative estimate of drug-likeness (QED) is 0.806. The van der Waals surface area contributed by atoms with Crippen LogP contribution >= 0.6 is 0 Å². The molecule has 2 fully saturated rings. The second kappa shape index (κ2) is 3.82. The molecule has 2 aliphatic rings. The van der Waals surface area contributed by atoms with Crippen LogP contribution in [0.5, 0.6) is 0 Å². The number of aromatic nitrogens is 2. The van der Waals surface area contributed by atoms with Crippen LogP contribution in [0.15, 0.2) is 6.20 Å². The number of fused-ring (bicyclic) bond motifs is 1. The van der Waals surface area contributed by atoms with Crippen molar-refractivity contribution in [1.82, 2.24) is 9.97 Å². The molecule has 0 bridgehead atoms. The molecule has 2 atom stereocenters. The third-order valence-electron chi connectivity index (χ3n) is 4.03. The predicted molar refractivity (Wildman–Crippen MR) is 64.0 cm³/mol. The number of nitrogen functional groups attached to an aromatic ring is 1. The van der Waals surface area contributed by atoms with E-state index < -0.39 is 5.82 Å². The van der Waals surface area contributed by atoms with E-state index in [2.05, 4.69) is 21.8 Å². The first kappa shape index (κ1) is 10.7. The van der Waals surface area contributed by atoms with Gasteiger partial charge in [0.15, 0.2) is 11.6 Å². The largest absolute Gasteiger partial charge is 0.381 e. The van der Waals surface area contributed by atoms with E-state index in [1.165, 1.54) is 12.8 Å². The van der Waals surface area contributed by atoms with Crippen LogP contribution in [-0.4, -0.2) is 23.1 Å². The lowest BCUT2D eigenvalue weighted by molar-refractivity contribution is 0.494. The lowest BCUT2D eigenvalue weighted by atomic mass is 10.0. The second-order valence-corrected chi connectivity index (χ2v) is 5.40. The van der Waals surface area contributed by atoms with E-state index in [1.54, 1.807) is 0 Å². The first-order chi connectivity index (χ1) is 8.13. The van der Waals surface area contributed by atoms with Crippen LogP contribution in [0.25, 0.3) is 0 Å². The maximum absolute atomic E-state index is 13.0. The minimum atomic E-state index is -0.540. The molecule has 1 saturated carbocycles. The Balaban J connectivity index is 1.77. The predicted octanol–water partition coefficient (Wildman–Crippen LogP) is 1.68. The van der Waals surface area contributed by atoms with Crippen molar-refractivity contribution in [2.45, 2.75) is 19.8 Å². The van der Waals surface area contributed by atoms with E-state index in [1.807, 2.05) is 0 Å². The fraction of sp³-hybridized carbons (Fsp3) is 0.667. The van der Waals surface area contributed by atoms with Crippen LogP contribution in [-0.2, 0) is 0 Å². The molecule has 1 aromatic rings. The van der Waals surface area contributed by atoms with Gasteiger partial charge < -0.3 is 10.6 Å². The molecule has 3 rings (SSSR count). The van der Waals surface area contributed by atoms with Crippen molar-refractivity contribution < 1.29 is 4.39 Å². The van der Waals surface area contributed by atoms with E-state index in [0.29, 0.717) is 5.95 Å². The van der Waals surface area contributed by atoms with E-state index >= 15 is 0 Å². The summed E-state index contributed by atoms with van der Waals surface area (Å²) in [5, 5.41) is 0. The van der Waals surface area contributed by atoms with E-state index in [0.717, 1.165) is 37.0 Å². The number of hydrogen-bond donors (Lipinski definition) is 1. The standard InChI is InChI=1S/C12H17FN4/c1-7-2-8-5-17(6-9(8)3-7)12-15-4-10(13)11(14)16-12/h4,7-9H,2-3,5-6H2,1H3,(H2,14,15,16). The fourth-order valence-corrected chi connectivity index (χ4v) is 3.29. The number of nitrogens with two attached hydrogens (primary N) is 1.